The second-order valence-electron chi connectivity index (χ2n) is 5.05. The van der Waals surface area contributed by atoms with Gasteiger partial charge in [-0.3, -0.25) is 0 Å². The fraction of sp³-hybridized carbons (Fsp3) is 0.900. The molecule has 0 aliphatic rings. The van der Waals surface area contributed by atoms with Gasteiger partial charge >= 0.3 is 69.4 Å². The molecule has 4 atom stereocenters. The first-order chi connectivity index (χ1) is 17.9. The molecule has 0 rings (SSSR count). The van der Waals surface area contributed by atoms with Crippen molar-refractivity contribution in [1.29, 1.82) is 0 Å². The van der Waals surface area contributed by atoms with Gasteiger partial charge in [0.2, 0.25) is 0 Å². The van der Waals surface area contributed by atoms with E-state index in [2.05, 4.69) is 17.2 Å². The summed E-state index contributed by atoms with van der Waals surface area (Å²) in [5, 5.41) is 30.3. The Hall–Kier alpha value is 1.62. The molecule has 25 nitrogen and oxygen atoms in total. The van der Waals surface area contributed by atoms with Crippen LogP contribution >= 0.6 is 63.4 Å². The minimum atomic E-state index is -4.51. The van der Waals surface area contributed by atoms with Crippen LogP contribution in [-0.2, 0) is 102 Å². The van der Waals surface area contributed by atoms with Gasteiger partial charge in [-0.25, -0.2) is 23.1 Å². The molecule has 0 saturated carbocycles. The van der Waals surface area contributed by atoms with Crippen molar-refractivity contribution >= 4 is 69.4 Å². The number of carboxylic acid groups (broad SMARTS) is 1. The molecule has 0 aromatic carbocycles. The van der Waals surface area contributed by atoms with E-state index in [1.165, 1.54) is 0 Å². The molecule has 0 radical (unpaired) electrons. The van der Waals surface area contributed by atoms with Crippen LogP contribution in [-0.4, -0.2) is 112 Å². The van der Waals surface area contributed by atoms with E-state index in [4.69, 9.17) is 64.4 Å². The number of aliphatic carboxylic acids is 1. The molecule has 272 valence electrons. The maximum Gasteiger partial charge on any atom is 0.515 e. The zero-order chi connectivity index (χ0) is 34.8. The Morgan fingerprint density at radius 1 is 0.511 bits per heavy atom. The third kappa shape index (κ3) is 143. The van der Waals surface area contributed by atoms with Crippen molar-refractivity contribution in [3.8, 4) is 0 Å². The number of aliphatic hydroxyl groups is 3. The number of hydrogen-bond donors (Lipinski definition) is 12. The van der Waals surface area contributed by atoms with Gasteiger partial charge in [0.05, 0.1) is 13.2 Å². The van der Waals surface area contributed by atoms with Gasteiger partial charge in [-0.1, -0.05) is 14.9 Å². The Morgan fingerprint density at radius 3 is 0.622 bits per heavy atom. The van der Waals surface area contributed by atoms with Gasteiger partial charge in [0, 0.05) is 43.4 Å². The van der Waals surface area contributed by atoms with Crippen molar-refractivity contribution < 1.29 is 162 Å². The first kappa shape index (κ1) is 72.4. The van der Waals surface area contributed by atoms with Crippen LogP contribution in [0.5, 0.6) is 0 Å². The van der Waals surface area contributed by atoms with E-state index < -0.39 is 76.0 Å². The maximum atomic E-state index is 9.89. The minimum absolute atomic E-state index is 0. The Bertz CT molecular complexity index is 831. The average molecular weight is 902 g/mol. The third-order valence-electron chi connectivity index (χ3n) is 1.12. The van der Waals surface area contributed by atoms with Crippen LogP contribution in [0.15, 0.2) is 0 Å². The Morgan fingerprint density at radius 2 is 0.622 bits per heavy atom. The van der Waals surface area contributed by atoms with Gasteiger partial charge in [-0.05, 0) is 35.5 Å². The van der Waals surface area contributed by atoms with Gasteiger partial charge in [0.15, 0.2) is 26.7 Å². The fourth-order valence-electron chi connectivity index (χ4n) is 0.599. The van der Waals surface area contributed by atoms with Gasteiger partial charge in [0.25, 0.3) is 0 Å². The van der Waals surface area contributed by atoms with E-state index >= 15 is 0 Å². The van der Waals surface area contributed by atoms with Crippen molar-refractivity contribution in [2.75, 3.05) is 46.5 Å². The summed E-state index contributed by atoms with van der Waals surface area (Å²) in [6, 6.07) is 0. The molecule has 0 aromatic heterocycles. The Balaban J connectivity index is -0.0000000407. The van der Waals surface area contributed by atoms with E-state index in [0.717, 1.165) is 26.7 Å². The molecule has 35 heteroatoms. The minimum Gasteiger partial charge on any atom is -0.480 e. The zero-order valence-corrected chi connectivity index (χ0v) is 32.2. The van der Waals surface area contributed by atoms with Crippen LogP contribution < -0.4 is 0 Å². The summed E-state index contributed by atoms with van der Waals surface area (Å²) in [6.07, 6.45) is 0. The van der Waals surface area contributed by atoms with Gasteiger partial charge < -0.3 is 59.6 Å². The summed E-state index contributed by atoms with van der Waals surface area (Å²) >= 11 is 0. The number of hydrogen-bond acceptors (Lipinski definition) is 16. The van der Waals surface area contributed by atoms with Crippen LogP contribution in [0.1, 0.15) is 14.9 Å². The third-order valence-corrected chi connectivity index (χ3v) is 8.20. The molecule has 0 aliphatic heterocycles. The SMILES string of the molecule is C.C.C[P+](=O)OP(=O)(O)O.C[P+](=O)OP(=O)(O)O.C[P+](=O)OP(=O)(O)O.C[P+](=O)OP(=O)(O)O.O=C(O)CO.OCCO.[Ti].[Ti]. The molecule has 0 spiro atoms. The monoisotopic (exact) mass is 902 g/mol. The van der Waals surface area contributed by atoms with Crippen molar-refractivity contribution in [2.45, 2.75) is 14.9 Å². The van der Waals surface area contributed by atoms with Crippen LogP contribution in [0.2, 0.25) is 0 Å². The predicted molar refractivity (Wildman–Crippen MR) is 149 cm³/mol. The summed E-state index contributed by atoms with van der Waals surface area (Å²) in [4.78, 5) is 72.3. The molecule has 0 saturated heterocycles. The van der Waals surface area contributed by atoms with E-state index in [1.807, 2.05) is 0 Å². The molecule has 0 bridgehead atoms. The zero-order valence-electron chi connectivity index (χ0n) is 21.9. The van der Waals surface area contributed by atoms with Crippen LogP contribution in [0.25, 0.3) is 0 Å². The molecule has 0 heterocycles. The van der Waals surface area contributed by atoms with Crippen molar-refractivity contribution in [1.82, 2.24) is 0 Å². The molecule has 0 aliphatic carbocycles. The summed E-state index contributed by atoms with van der Waals surface area (Å²) in [5.74, 6) is -1.19. The number of rotatable bonds is 10. The summed E-state index contributed by atoms with van der Waals surface area (Å²) in [7, 11) is -26.8. The standard InChI is InChI=1S/C2H4O3.C2H6O2.4CH4O5P2.2CH4.2Ti/c3-1-2(4)5;3-1-2-4;4*1-7(2)6-8(3,4)5;;;;/h3H,1H2,(H,4,5);3-4H,1-2H2;4*1H3,(H-,3,4,5);2*1H4;;/p+4. The smallest absolute Gasteiger partial charge is 0.480 e. The summed E-state index contributed by atoms with van der Waals surface area (Å²) in [6.45, 7) is 3.23. The first-order valence-corrected chi connectivity index (χ1v) is 21.2. The van der Waals surface area contributed by atoms with E-state index in [-0.39, 0.29) is 71.5 Å². The average Bonchev–Trinajstić information content (AvgIpc) is 2.62. The van der Waals surface area contributed by atoms with Gasteiger partial charge in [-0.15, -0.1) is 0 Å². The number of carbonyl (C=O) groups is 1. The topological polar surface area (TPSA) is 433 Å². The fourth-order valence-corrected chi connectivity index (χ4v) is 5.39. The van der Waals surface area contributed by atoms with Crippen LogP contribution in [0.4, 0.5) is 0 Å². The molecule has 4 unspecified atom stereocenters. The molecule has 0 aromatic rings. The molecule has 0 fully saturated rings. The largest absolute Gasteiger partial charge is 0.515 e. The Kier molecular flexibility index (Phi) is 64.4. The van der Waals surface area contributed by atoms with Gasteiger partial charge in [-0.2, -0.15) is 0 Å². The van der Waals surface area contributed by atoms with Crippen molar-refractivity contribution in [2.24, 2.45) is 0 Å². The van der Waals surface area contributed by atoms with E-state index in [0.29, 0.717) is 0 Å². The van der Waals surface area contributed by atoms with Crippen LogP contribution in [0, 0.1) is 0 Å². The number of aliphatic hydroxyl groups excluding tert-OH is 3. The second-order valence-corrected chi connectivity index (χ2v) is 15.1. The molecule has 45 heavy (non-hydrogen) atoms. The molecule has 0 amide bonds. The Labute approximate surface area is 291 Å². The maximum absolute atomic E-state index is 9.89. The first-order valence-electron chi connectivity index (χ1n) is 8.54. The second kappa shape index (κ2) is 40.1. The molecular weight excluding hydrogens is 864 g/mol. The van der Waals surface area contributed by atoms with E-state index in [9.17, 15) is 36.5 Å². The number of phosphoric acid groups is 4. The van der Waals surface area contributed by atoms with E-state index in [1.54, 1.807) is 0 Å². The predicted octanol–water partition coefficient (Wildman–Crippen LogP) is 1.17. The normalized spacial score (nSPS) is 11.2. The number of carboxylic acids is 1. The van der Waals surface area contributed by atoms with Crippen molar-refractivity contribution in [3.05, 3.63) is 0 Å². The molecular formula is C10H38O25P8Ti2+4. The van der Waals surface area contributed by atoms with Gasteiger partial charge in [0.1, 0.15) is 6.61 Å². The molecule has 12 N–H and O–H groups in total. The van der Waals surface area contributed by atoms with Crippen molar-refractivity contribution in [3.63, 3.8) is 0 Å². The summed E-state index contributed by atoms with van der Waals surface area (Å²) < 4.78 is 92.9. The summed E-state index contributed by atoms with van der Waals surface area (Å²) in [5.41, 5.74) is 0. The van der Waals surface area contributed by atoms with Crippen LogP contribution in [0.3, 0.4) is 0 Å². The quantitative estimate of drug-likeness (QED) is 0.108.